The minimum atomic E-state index is -0.561. The first kappa shape index (κ1) is 19.2. The molecule has 26 heavy (non-hydrogen) atoms. The minimum absolute atomic E-state index is 0.0711. The fraction of sp³-hybridized carbons (Fsp3) is 0.158. The van der Waals surface area contributed by atoms with Crippen molar-refractivity contribution in [3.63, 3.8) is 0 Å². The van der Waals surface area contributed by atoms with Gasteiger partial charge in [0.05, 0.1) is 17.8 Å². The number of nitrogens with two attached hydrogens (primary N) is 1. The standard InChI is InChI=1S/C19H19ClN4O2/c1-12(13-3-6-16(26-2)7-4-13)23-11-14(10-21)19(25)24-18-8-5-15(22)9-17(18)20/h3-9,11-12,23H,22H2,1-2H3,(H,24,25)/b14-11-. The van der Waals surface area contributed by atoms with Crippen molar-refractivity contribution in [2.24, 2.45) is 0 Å². The molecular weight excluding hydrogens is 352 g/mol. The average Bonchev–Trinajstić information content (AvgIpc) is 2.64. The Kier molecular flexibility index (Phi) is 6.48. The van der Waals surface area contributed by atoms with Gasteiger partial charge in [-0.15, -0.1) is 0 Å². The van der Waals surface area contributed by atoms with Crippen molar-refractivity contribution in [3.8, 4) is 11.8 Å². The van der Waals surface area contributed by atoms with Crippen molar-refractivity contribution in [2.45, 2.75) is 13.0 Å². The first-order valence-electron chi connectivity index (χ1n) is 7.81. The number of carbonyl (C=O) groups excluding carboxylic acids is 1. The lowest BCUT2D eigenvalue weighted by Crippen LogP contribution is -2.18. The van der Waals surface area contributed by atoms with E-state index in [2.05, 4.69) is 10.6 Å². The monoisotopic (exact) mass is 370 g/mol. The van der Waals surface area contributed by atoms with Gasteiger partial charge in [0.15, 0.2) is 0 Å². The molecule has 0 spiro atoms. The van der Waals surface area contributed by atoms with Gasteiger partial charge in [-0.05, 0) is 42.8 Å². The highest BCUT2D eigenvalue weighted by molar-refractivity contribution is 6.34. The number of nitriles is 1. The number of nitrogens with zero attached hydrogens (tertiary/aromatic N) is 1. The number of anilines is 2. The van der Waals surface area contributed by atoms with Crippen LogP contribution < -0.4 is 21.1 Å². The number of nitrogens with one attached hydrogen (secondary N) is 2. The van der Waals surface area contributed by atoms with Gasteiger partial charge in [-0.1, -0.05) is 23.7 Å². The Bertz CT molecular complexity index is 857. The summed E-state index contributed by atoms with van der Waals surface area (Å²) in [5, 5.41) is 15.2. The number of nitrogen functional groups attached to an aromatic ring is 1. The van der Waals surface area contributed by atoms with Crippen LogP contribution in [0.2, 0.25) is 5.02 Å². The van der Waals surface area contributed by atoms with Crippen molar-refractivity contribution in [1.82, 2.24) is 5.32 Å². The largest absolute Gasteiger partial charge is 0.497 e. The molecular formula is C19H19ClN4O2. The van der Waals surface area contributed by atoms with Crippen molar-refractivity contribution >= 4 is 28.9 Å². The van der Waals surface area contributed by atoms with E-state index in [1.807, 2.05) is 37.3 Å². The van der Waals surface area contributed by atoms with Crippen LogP contribution >= 0.6 is 11.6 Å². The molecule has 2 aromatic carbocycles. The molecule has 1 unspecified atom stereocenters. The van der Waals surface area contributed by atoms with E-state index in [9.17, 15) is 10.1 Å². The van der Waals surface area contributed by atoms with Crippen LogP contribution in [0.15, 0.2) is 54.2 Å². The van der Waals surface area contributed by atoms with Crippen LogP contribution in [0, 0.1) is 11.3 Å². The highest BCUT2D eigenvalue weighted by atomic mass is 35.5. The third kappa shape index (κ3) is 4.91. The van der Waals surface area contributed by atoms with Gasteiger partial charge in [0, 0.05) is 17.9 Å². The molecule has 0 saturated carbocycles. The molecule has 1 atom stereocenters. The number of halogens is 1. The molecule has 0 saturated heterocycles. The van der Waals surface area contributed by atoms with Crippen LogP contribution in [0.5, 0.6) is 5.75 Å². The van der Waals surface area contributed by atoms with E-state index < -0.39 is 5.91 Å². The number of hydrogen-bond acceptors (Lipinski definition) is 5. The third-order valence-electron chi connectivity index (χ3n) is 3.70. The maximum Gasteiger partial charge on any atom is 0.267 e. The lowest BCUT2D eigenvalue weighted by atomic mass is 10.1. The topological polar surface area (TPSA) is 100 Å². The molecule has 2 rings (SSSR count). The van der Waals surface area contributed by atoms with Crippen molar-refractivity contribution < 1.29 is 9.53 Å². The predicted molar refractivity (Wildman–Crippen MR) is 103 cm³/mol. The number of carbonyl (C=O) groups is 1. The summed E-state index contributed by atoms with van der Waals surface area (Å²) in [4.78, 5) is 12.3. The van der Waals surface area contributed by atoms with E-state index in [1.54, 1.807) is 19.2 Å². The van der Waals surface area contributed by atoms with Gasteiger partial charge in [-0.25, -0.2) is 0 Å². The Labute approximate surface area is 157 Å². The van der Waals surface area contributed by atoms with Crippen LogP contribution in [0.3, 0.4) is 0 Å². The fourth-order valence-corrected chi connectivity index (χ4v) is 2.40. The SMILES string of the molecule is COc1ccc(C(C)N/C=C(/C#N)C(=O)Nc2ccc(N)cc2Cl)cc1. The van der Waals surface area contributed by atoms with E-state index in [0.29, 0.717) is 16.4 Å². The Morgan fingerprint density at radius 1 is 1.31 bits per heavy atom. The highest BCUT2D eigenvalue weighted by Gasteiger charge is 2.12. The molecule has 2 aromatic rings. The Morgan fingerprint density at radius 2 is 2.00 bits per heavy atom. The molecule has 0 aliphatic carbocycles. The number of amides is 1. The Hall–Kier alpha value is -3.17. The summed E-state index contributed by atoms with van der Waals surface area (Å²) in [6, 6.07) is 14.0. The zero-order chi connectivity index (χ0) is 19.1. The first-order chi connectivity index (χ1) is 12.4. The van der Waals surface area contributed by atoms with E-state index in [-0.39, 0.29) is 11.6 Å². The molecule has 0 aliphatic heterocycles. The second-order valence-corrected chi connectivity index (χ2v) is 5.93. The van der Waals surface area contributed by atoms with E-state index in [1.165, 1.54) is 12.3 Å². The minimum Gasteiger partial charge on any atom is -0.497 e. The van der Waals surface area contributed by atoms with Gasteiger partial charge >= 0.3 is 0 Å². The number of hydrogen-bond donors (Lipinski definition) is 3. The summed E-state index contributed by atoms with van der Waals surface area (Å²) in [5.41, 5.74) is 7.41. The zero-order valence-electron chi connectivity index (χ0n) is 14.4. The van der Waals surface area contributed by atoms with Gasteiger partial charge in [-0.2, -0.15) is 5.26 Å². The number of ether oxygens (including phenoxy) is 1. The van der Waals surface area contributed by atoms with Gasteiger partial charge < -0.3 is 21.1 Å². The Balaban J connectivity index is 2.06. The summed E-state index contributed by atoms with van der Waals surface area (Å²) in [7, 11) is 1.60. The summed E-state index contributed by atoms with van der Waals surface area (Å²) in [5.74, 6) is 0.197. The van der Waals surface area contributed by atoms with Crippen LogP contribution in [0.25, 0.3) is 0 Å². The molecule has 0 bridgehead atoms. The van der Waals surface area contributed by atoms with E-state index >= 15 is 0 Å². The molecule has 0 fully saturated rings. The second-order valence-electron chi connectivity index (χ2n) is 5.52. The fourth-order valence-electron chi connectivity index (χ4n) is 2.17. The van der Waals surface area contributed by atoms with E-state index in [4.69, 9.17) is 22.1 Å². The molecule has 1 amide bonds. The normalized spacial score (nSPS) is 12.0. The maximum absolute atomic E-state index is 12.3. The van der Waals surface area contributed by atoms with Gasteiger partial charge in [0.2, 0.25) is 0 Å². The number of methoxy groups -OCH3 is 1. The molecule has 4 N–H and O–H groups in total. The van der Waals surface area contributed by atoms with Gasteiger partial charge in [-0.3, -0.25) is 4.79 Å². The van der Waals surface area contributed by atoms with E-state index in [0.717, 1.165) is 11.3 Å². The molecule has 7 heteroatoms. The highest BCUT2D eigenvalue weighted by Crippen LogP contribution is 2.24. The average molecular weight is 371 g/mol. The van der Waals surface area contributed by atoms with Crippen LogP contribution in [-0.2, 0) is 4.79 Å². The smallest absolute Gasteiger partial charge is 0.267 e. The maximum atomic E-state index is 12.3. The summed E-state index contributed by atoms with van der Waals surface area (Å²) >= 11 is 6.03. The lowest BCUT2D eigenvalue weighted by Gasteiger charge is -2.13. The molecule has 0 aromatic heterocycles. The van der Waals surface area contributed by atoms with Crippen LogP contribution in [0.4, 0.5) is 11.4 Å². The molecule has 0 radical (unpaired) electrons. The molecule has 134 valence electrons. The second kappa shape index (κ2) is 8.79. The quantitative estimate of drug-likeness (QED) is 0.409. The number of benzene rings is 2. The molecule has 0 heterocycles. The molecule has 0 aliphatic rings. The Morgan fingerprint density at radius 3 is 2.58 bits per heavy atom. The molecule has 6 nitrogen and oxygen atoms in total. The van der Waals surface area contributed by atoms with Crippen molar-refractivity contribution in [3.05, 3.63) is 64.8 Å². The predicted octanol–water partition coefficient (Wildman–Crippen LogP) is 3.63. The first-order valence-corrected chi connectivity index (χ1v) is 8.19. The van der Waals surface area contributed by atoms with Crippen LogP contribution in [0.1, 0.15) is 18.5 Å². The number of rotatable bonds is 6. The van der Waals surface area contributed by atoms with Crippen molar-refractivity contribution in [1.29, 1.82) is 5.26 Å². The summed E-state index contributed by atoms with van der Waals surface area (Å²) in [6.45, 7) is 1.92. The van der Waals surface area contributed by atoms with Gasteiger partial charge in [0.25, 0.3) is 5.91 Å². The summed E-state index contributed by atoms with van der Waals surface area (Å²) < 4.78 is 5.12. The van der Waals surface area contributed by atoms with Gasteiger partial charge in [0.1, 0.15) is 17.4 Å². The lowest BCUT2D eigenvalue weighted by molar-refractivity contribution is -0.112. The summed E-state index contributed by atoms with van der Waals surface area (Å²) in [6.07, 6.45) is 1.38. The zero-order valence-corrected chi connectivity index (χ0v) is 15.2. The van der Waals surface area contributed by atoms with Crippen LogP contribution in [-0.4, -0.2) is 13.0 Å². The van der Waals surface area contributed by atoms with Crippen molar-refractivity contribution in [2.75, 3.05) is 18.2 Å². The third-order valence-corrected chi connectivity index (χ3v) is 4.01.